The third-order valence-corrected chi connectivity index (χ3v) is 3.30. The molecular weight excluding hydrogens is 303 g/mol. The number of allylic oxidation sites excluding steroid dienone is 1. The molecule has 0 saturated heterocycles. The molecule has 3 rings (SSSR count). The first kappa shape index (κ1) is 14.5. The van der Waals surface area contributed by atoms with E-state index in [-0.39, 0.29) is 34.9 Å². The molecule has 2 aromatic rings. The van der Waals surface area contributed by atoms with E-state index >= 15 is 0 Å². The molecule has 0 atom stereocenters. The van der Waals surface area contributed by atoms with Crippen LogP contribution in [0.4, 0.5) is 10.1 Å². The first-order valence-electron chi connectivity index (χ1n) is 6.55. The second kappa shape index (κ2) is 5.77. The largest absolute Gasteiger partial charge is 0.454 e. The van der Waals surface area contributed by atoms with Crippen LogP contribution in [0.1, 0.15) is 11.1 Å². The Morgan fingerprint density at radius 3 is 2.65 bits per heavy atom. The fourth-order valence-corrected chi connectivity index (χ4v) is 2.23. The number of nitro groups is 1. The van der Waals surface area contributed by atoms with E-state index in [4.69, 9.17) is 9.47 Å². The van der Waals surface area contributed by atoms with Gasteiger partial charge in [0.05, 0.1) is 28.2 Å². The van der Waals surface area contributed by atoms with Gasteiger partial charge < -0.3 is 9.47 Å². The van der Waals surface area contributed by atoms with Gasteiger partial charge in [-0.3, -0.25) is 10.1 Å². The summed E-state index contributed by atoms with van der Waals surface area (Å²) in [5.41, 5.74) is -0.0653. The van der Waals surface area contributed by atoms with Crippen LogP contribution in [0.3, 0.4) is 0 Å². The number of nitro benzene ring substituents is 1. The van der Waals surface area contributed by atoms with Gasteiger partial charge in [-0.05, 0) is 18.2 Å². The summed E-state index contributed by atoms with van der Waals surface area (Å²) in [6.07, 6.45) is 1.26. The number of fused-ring (bicyclic) bond motifs is 1. The fourth-order valence-electron chi connectivity index (χ4n) is 2.23. The van der Waals surface area contributed by atoms with Gasteiger partial charge in [-0.2, -0.15) is 5.26 Å². The minimum Gasteiger partial charge on any atom is -0.454 e. The average molecular weight is 312 g/mol. The molecule has 1 aliphatic rings. The van der Waals surface area contributed by atoms with E-state index in [1.54, 1.807) is 6.07 Å². The van der Waals surface area contributed by atoms with Crippen LogP contribution in [0.15, 0.2) is 36.4 Å². The van der Waals surface area contributed by atoms with Gasteiger partial charge in [0.1, 0.15) is 5.82 Å². The number of benzene rings is 2. The topological polar surface area (TPSA) is 85.4 Å². The average Bonchev–Trinajstić information content (AvgIpc) is 2.99. The van der Waals surface area contributed by atoms with Crippen LogP contribution in [0, 0.1) is 27.3 Å². The molecule has 0 aliphatic carbocycles. The lowest BCUT2D eigenvalue weighted by Crippen LogP contribution is -1.93. The number of nitriles is 1. The van der Waals surface area contributed by atoms with Gasteiger partial charge in [0.25, 0.3) is 5.69 Å². The Morgan fingerprint density at radius 2 is 2.00 bits per heavy atom. The molecule has 0 spiro atoms. The molecule has 2 aromatic carbocycles. The fraction of sp³-hybridized carbons (Fsp3) is 0.0625. The smallest absolute Gasteiger partial charge is 0.280 e. The van der Waals surface area contributed by atoms with Crippen LogP contribution >= 0.6 is 0 Å². The van der Waals surface area contributed by atoms with Gasteiger partial charge in [0.15, 0.2) is 11.5 Å². The maximum Gasteiger partial charge on any atom is 0.280 e. The molecule has 23 heavy (non-hydrogen) atoms. The number of nitrogens with zero attached hydrogens (tertiary/aromatic N) is 2. The Balaban J connectivity index is 2.16. The van der Waals surface area contributed by atoms with Crippen molar-refractivity contribution >= 4 is 17.3 Å². The predicted octanol–water partition coefficient (Wildman–Crippen LogP) is 3.53. The van der Waals surface area contributed by atoms with Crippen LogP contribution in [0.25, 0.3) is 11.6 Å². The summed E-state index contributed by atoms with van der Waals surface area (Å²) in [7, 11) is 0. The molecule has 0 aromatic heterocycles. The first-order valence-corrected chi connectivity index (χ1v) is 6.55. The summed E-state index contributed by atoms with van der Waals surface area (Å²) in [5.74, 6) is 0.0228. The highest BCUT2D eigenvalue weighted by atomic mass is 19.1. The lowest BCUT2D eigenvalue weighted by Gasteiger charge is -2.04. The Hall–Kier alpha value is -3.40. The third kappa shape index (κ3) is 2.70. The molecule has 114 valence electrons. The number of rotatable bonds is 3. The summed E-state index contributed by atoms with van der Waals surface area (Å²) in [6, 6.07) is 10.2. The van der Waals surface area contributed by atoms with E-state index in [0.717, 1.165) is 0 Å². The normalized spacial score (nSPS) is 12.8. The Bertz CT molecular complexity index is 871. The summed E-state index contributed by atoms with van der Waals surface area (Å²) in [4.78, 5) is 10.6. The Morgan fingerprint density at radius 1 is 1.30 bits per heavy atom. The Labute approximate surface area is 130 Å². The number of hydrogen-bond acceptors (Lipinski definition) is 5. The minimum atomic E-state index is -0.593. The zero-order chi connectivity index (χ0) is 16.4. The van der Waals surface area contributed by atoms with Crippen molar-refractivity contribution < 1.29 is 18.8 Å². The van der Waals surface area contributed by atoms with Gasteiger partial charge in [0, 0.05) is 5.56 Å². The van der Waals surface area contributed by atoms with E-state index in [1.165, 1.54) is 36.4 Å². The lowest BCUT2D eigenvalue weighted by molar-refractivity contribution is -0.385. The molecule has 0 N–H and O–H groups in total. The monoisotopic (exact) mass is 312 g/mol. The van der Waals surface area contributed by atoms with Gasteiger partial charge in [-0.1, -0.05) is 18.2 Å². The number of hydrogen-bond donors (Lipinski definition) is 0. The molecule has 0 bridgehead atoms. The summed E-state index contributed by atoms with van der Waals surface area (Å²) in [6.45, 7) is -0.0297. The number of ether oxygens (including phenoxy) is 2. The summed E-state index contributed by atoms with van der Waals surface area (Å²) >= 11 is 0. The quantitative estimate of drug-likeness (QED) is 0.374. The van der Waals surface area contributed by atoms with E-state index < -0.39 is 10.7 Å². The van der Waals surface area contributed by atoms with Gasteiger partial charge >= 0.3 is 0 Å². The van der Waals surface area contributed by atoms with E-state index in [2.05, 4.69) is 0 Å². The SMILES string of the molecule is N#CC(=Cc1cc2c(cc1[N+](=O)[O-])OCO2)c1ccccc1F. The molecule has 1 heterocycles. The Kier molecular flexibility index (Phi) is 3.65. The van der Waals surface area contributed by atoms with Crippen LogP contribution in [-0.2, 0) is 0 Å². The number of halogens is 1. The highest BCUT2D eigenvalue weighted by Gasteiger charge is 2.23. The zero-order valence-corrected chi connectivity index (χ0v) is 11.7. The van der Waals surface area contributed by atoms with Crippen LogP contribution in [-0.4, -0.2) is 11.7 Å². The van der Waals surface area contributed by atoms with E-state index in [0.29, 0.717) is 5.75 Å². The highest BCUT2D eigenvalue weighted by Crippen LogP contribution is 2.39. The van der Waals surface area contributed by atoms with Gasteiger partial charge in [-0.15, -0.1) is 0 Å². The van der Waals surface area contributed by atoms with Gasteiger partial charge in [0.2, 0.25) is 6.79 Å². The maximum atomic E-state index is 13.8. The van der Waals surface area contributed by atoms with Crippen molar-refractivity contribution in [1.29, 1.82) is 5.26 Å². The lowest BCUT2D eigenvalue weighted by atomic mass is 10.0. The van der Waals surface area contributed by atoms with Crippen LogP contribution in [0.2, 0.25) is 0 Å². The molecular formula is C16H9FN2O4. The molecule has 1 aliphatic heterocycles. The maximum absolute atomic E-state index is 13.8. The second-order valence-electron chi connectivity index (χ2n) is 4.67. The van der Waals surface area contributed by atoms with Crippen molar-refractivity contribution in [3.05, 3.63) is 63.5 Å². The standard InChI is InChI=1S/C16H9FN2O4/c17-13-4-2-1-3-12(13)11(8-18)5-10-6-15-16(23-9-22-15)7-14(10)19(20)21/h1-7H,9H2. The third-order valence-electron chi connectivity index (χ3n) is 3.30. The van der Waals surface area contributed by atoms with Crippen molar-refractivity contribution in [3.63, 3.8) is 0 Å². The molecule has 0 unspecified atom stereocenters. The van der Waals surface area contributed by atoms with Crippen molar-refractivity contribution in [2.24, 2.45) is 0 Å². The van der Waals surface area contributed by atoms with Gasteiger partial charge in [-0.25, -0.2) is 4.39 Å². The summed E-state index contributed by atoms with van der Waals surface area (Å²) < 4.78 is 24.1. The molecule has 7 heteroatoms. The van der Waals surface area contributed by atoms with E-state index in [1.807, 2.05) is 6.07 Å². The van der Waals surface area contributed by atoms with Crippen LogP contribution in [0.5, 0.6) is 11.5 Å². The van der Waals surface area contributed by atoms with Crippen molar-refractivity contribution in [2.45, 2.75) is 0 Å². The highest BCUT2D eigenvalue weighted by molar-refractivity contribution is 5.91. The van der Waals surface area contributed by atoms with Crippen molar-refractivity contribution in [1.82, 2.24) is 0 Å². The van der Waals surface area contributed by atoms with Crippen LogP contribution < -0.4 is 9.47 Å². The molecule has 0 amide bonds. The minimum absolute atomic E-state index is 0.0231. The van der Waals surface area contributed by atoms with Crippen molar-refractivity contribution in [2.75, 3.05) is 6.79 Å². The molecule has 0 saturated carbocycles. The second-order valence-corrected chi connectivity index (χ2v) is 4.67. The zero-order valence-electron chi connectivity index (χ0n) is 11.7. The predicted molar refractivity (Wildman–Crippen MR) is 79.1 cm³/mol. The first-order chi connectivity index (χ1) is 11.1. The van der Waals surface area contributed by atoms with E-state index in [9.17, 15) is 19.8 Å². The molecule has 0 radical (unpaired) electrons. The summed E-state index contributed by atoms with van der Waals surface area (Å²) in [5, 5.41) is 20.5. The molecule has 0 fully saturated rings. The van der Waals surface area contributed by atoms with Crippen molar-refractivity contribution in [3.8, 4) is 17.6 Å². The molecule has 6 nitrogen and oxygen atoms in total.